The minimum atomic E-state index is -0.0529. The van der Waals surface area contributed by atoms with Gasteiger partial charge < -0.3 is 9.84 Å². The van der Waals surface area contributed by atoms with Crippen LogP contribution in [0.1, 0.15) is 34.1 Å². The van der Waals surface area contributed by atoms with Crippen molar-refractivity contribution in [2.24, 2.45) is 0 Å². The van der Waals surface area contributed by atoms with E-state index >= 15 is 0 Å². The summed E-state index contributed by atoms with van der Waals surface area (Å²) in [5.74, 6) is 0. The molecule has 0 amide bonds. The van der Waals surface area contributed by atoms with Gasteiger partial charge in [-0.3, -0.25) is 9.80 Å². The Morgan fingerprint density at radius 2 is 1.72 bits per heavy atom. The Labute approximate surface area is 111 Å². The first-order valence-corrected chi connectivity index (χ1v) is 7.11. The molecule has 1 atom stereocenters. The second kappa shape index (κ2) is 5.08. The summed E-state index contributed by atoms with van der Waals surface area (Å²) in [6.45, 7) is 14.2. The molecule has 0 saturated carbocycles. The Morgan fingerprint density at radius 3 is 2.17 bits per heavy atom. The average molecular weight is 256 g/mol. The lowest BCUT2D eigenvalue weighted by Crippen LogP contribution is -2.55. The van der Waals surface area contributed by atoms with E-state index in [9.17, 15) is 0 Å². The van der Waals surface area contributed by atoms with E-state index in [0.29, 0.717) is 6.04 Å². The number of ether oxygens (including phenoxy) is 1. The monoisotopic (exact) mass is 256 g/mol. The van der Waals surface area contributed by atoms with Crippen LogP contribution in [0.4, 0.5) is 0 Å². The molecule has 0 aromatic rings. The van der Waals surface area contributed by atoms with E-state index in [2.05, 4.69) is 37.5 Å². The van der Waals surface area contributed by atoms with Gasteiger partial charge in [0, 0.05) is 38.8 Å². The molecule has 2 aliphatic heterocycles. The van der Waals surface area contributed by atoms with Gasteiger partial charge in [0.1, 0.15) is 0 Å². The third-order valence-electron chi connectivity index (χ3n) is 4.29. The van der Waals surface area contributed by atoms with E-state index in [4.69, 9.17) is 9.84 Å². The van der Waals surface area contributed by atoms with Crippen molar-refractivity contribution < 1.29 is 9.84 Å². The highest BCUT2D eigenvalue weighted by Gasteiger charge is 2.48. The minimum absolute atomic E-state index is 0.00357. The van der Waals surface area contributed by atoms with Crippen molar-refractivity contribution in [3.05, 3.63) is 0 Å². The van der Waals surface area contributed by atoms with E-state index in [1.54, 1.807) is 0 Å². The molecule has 106 valence electrons. The van der Waals surface area contributed by atoms with E-state index < -0.39 is 0 Å². The molecule has 0 radical (unpaired) electrons. The van der Waals surface area contributed by atoms with Crippen LogP contribution in [0.15, 0.2) is 0 Å². The van der Waals surface area contributed by atoms with Gasteiger partial charge in [0.05, 0.1) is 17.8 Å². The Morgan fingerprint density at radius 1 is 1.11 bits per heavy atom. The highest BCUT2D eigenvalue weighted by molar-refractivity contribution is 5.00. The zero-order valence-corrected chi connectivity index (χ0v) is 12.3. The fourth-order valence-corrected chi connectivity index (χ4v) is 3.54. The molecular weight excluding hydrogens is 228 g/mol. The highest BCUT2D eigenvalue weighted by Crippen LogP contribution is 2.40. The standard InChI is InChI=1S/C14H28N2O2/c1-13(2)11-12(14(3,4)18-13)16-7-5-15(6-8-16)9-10-17/h12,17H,5-11H2,1-4H3. The largest absolute Gasteiger partial charge is 0.395 e. The summed E-state index contributed by atoms with van der Waals surface area (Å²) >= 11 is 0. The van der Waals surface area contributed by atoms with Crippen LogP contribution < -0.4 is 0 Å². The minimum Gasteiger partial charge on any atom is -0.395 e. The van der Waals surface area contributed by atoms with Crippen molar-refractivity contribution in [2.75, 3.05) is 39.3 Å². The number of β-amino-alcohol motifs (C(OH)–C–C–N with tert-alkyl or cyclic N) is 1. The molecule has 0 aromatic carbocycles. The van der Waals surface area contributed by atoms with Gasteiger partial charge in [0.2, 0.25) is 0 Å². The Balaban J connectivity index is 1.93. The summed E-state index contributed by atoms with van der Waals surface area (Å²) in [5, 5.41) is 8.97. The van der Waals surface area contributed by atoms with E-state index in [1.807, 2.05) is 0 Å². The number of aliphatic hydroxyl groups is 1. The molecule has 18 heavy (non-hydrogen) atoms. The summed E-state index contributed by atoms with van der Waals surface area (Å²) in [4.78, 5) is 4.91. The second-order valence-electron chi connectivity index (χ2n) is 6.79. The molecule has 1 unspecified atom stereocenters. The maximum Gasteiger partial charge on any atom is 0.0789 e. The summed E-state index contributed by atoms with van der Waals surface area (Å²) in [6, 6.07) is 0.517. The fourth-order valence-electron chi connectivity index (χ4n) is 3.54. The summed E-state index contributed by atoms with van der Waals surface area (Å²) < 4.78 is 6.18. The van der Waals surface area contributed by atoms with Gasteiger partial charge >= 0.3 is 0 Å². The molecule has 2 fully saturated rings. The number of piperazine rings is 1. The molecule has 4 heteroatoms. The maximum atomic E-state index is 8.97. The van der Waals surface area contributed by atoms with Gasteiger partial charge in [0.25, 0.3) is 0 Å². The van der Waals surface area contributed by atoms with Crippen molar-refractivity contribution in [3.8, 4) is 0 Å². The molecule has 4 nitrogen and oxygen atoms in total. The lowest BCUT2D eigenvalue weighted by atomic mass is 9.92. The molecule has 0 aliphatic carbocycles. The van der Waals surface area contributed by atoms with Gasteiger partial charge in [0.15, 0.2) is 0 Å². The zero-order valence-electron chi connectivity index (χ0n) is 12.3. The molecular formula is C14H28N2O2. The van der Waals surface area contributed by atoms with Gasteiger partial charge in [-0.05, 0) is 34.1 Å². The van der Waals surface area contributed by atoms with Crippen molar-refractivity contribution in [2.45, 2.75) is 51.4 Å². The van der Waals surface area contributed by atoms with E-state index in [1.165, 1.54) is 0 Å². The molecule has 0 bridgehead atoms. The number of hydrogen-bond acceptors (Lipinski definition) is 4. The number of nitrogens with zero attached hydrogens (tertiary/aromatic N) is 2. The molecule has 0 spiro atoms. The molecule has 0 aromatic heterocycles. The van der Waals surface area contributed by atoms with Crippen LogP contribution in [0, 0.1) is 0 Å². The summed E-state index contributed by atoms with van der Waals surface area (Å²) in [5.41, 5.74) is -0.0565. The lowest BCUT2D eigenvalue weighted by Gasteiger charge is -2.41. The molecule has 2 rings (SSSR count). The average Bonchev–Trinajstić information content (AvgIpc) is 2.48. The Kier molecular flexibility index (Phi) is 4.02. The maximum absolute atomic E-state index is 8.97. The third-order valence-corrected chi connectivity index (χ3v) is 4.29. The van der Waals surface area contributed by atoms with Gasteiger partial charge in [-0.15, -0.1) is 0 Å². The van der Waals surface area contributed by atoms with Crippen LogP contribution in [-0.2, 0) is 4.74 Å². The predicted molar refractivity (Wildman–Crippen MR) is 72.7 cm³/mol. The van der Waals surface area contributed by atoms with Crippen LogP contribution in [0.5, 0.6) is 0 Å². The first-order valence-electron chi connectivity index (χ1n) is 7.11. The Bertz CT molecular complexity index is 284. The summed E-state index contributed by atoms with van der Waals surface area (Å²) in [7, 11) is 0. The second-order valence-corrected chi connectivity index (χ2v) is 6.79. The van der Waals surface area contributed by atoms with Crippen molar-refractivity contribution in [1.82, 2.24) is 9.80 Å². The van der Waals surface area contributed by atoms with Crippen LogP contribution in [0.3, 0.4) is 0 Å². The first-order chi connectivity index (χ1) is 8.34. The van der Waals surface area contributed by atoms with Crippen LogP contribution in [0.2, 0.25) is 0 Å². The quantitative estimate of drug-likeness (QED) is 0.815. The van der Waals surface area contributed by atoms with E-state index in [0.717, 1.165) is 39.1 Å². The van der Waals surface area contributed by atoms with Gasteiger partial charge in [-0.1, -0.05) is 0 Å². The van der Waals surface area contributed by atoms with Crippen LogP contribution in [-0.4, -0.2) is 71.5 Å². The topological polar surface area (TPSA) is 35.9 Å². The third kappa shape index (κ3) is 3.05. The van der Waals surface area contributed by atoms with Crippen molar-refractivity contribution in [1.29, 1.82) is 0 Å². The van der Waals surface area contributed by atoms with Crippen molar-refractivity contribution in [3.63, 3.8) is 0 Å². The molecule has 2 aliphatic rings. The van der Waals surface area contributed by atoms with Crippen LogP contribution >= 0.6 is 0 Å². The molecule has 2 heterocycles. The molecule has 2 saturated heterocycles. The first kappa shape index (κ1) is 14.3. The normalized spacial score (nSPS) is 32.8. The highest BCUT2D eigenvalue weighted by atomic mass is 16.5. The zero-order chi connectivity index (χ0) is 13.4. The number of aliphatic hydroxyl groups excluding tert-OH is 1. The molecule has 1 N–H and O–H groups in total. The van der Waals surface area contributed by atoms with Gasteiger partial charge in [-0.2, -0.15) is 0 Å². The predicted octanol–water partition coefficient (Wildman–Crippen LogP) is 0.942. The fraction of sp³-hybridized carbons (Fsp3) is 1.00. The smallest absolute Gasteiger partial charge is 0.0789 e. The lowest BCUT2D eigenvalue weighted by molar-refractivity contribution is -0.0836. The van der Waals surface area contributed by atoms with Gasteiger partial charge in [-0.25, -0.2) is 0 Å². The SMILES string of the molecule is CC1(C)CC(N2CCN(CCO)CC2)C(C)(C)O1. The van der Waals surface area contributed by atoms with Crippen molar-refractivity contribution >= 4 is 0 Å². The summed E-state index contributed by atoms with van der Waals surface area (Å²) in [6.07, 6.45) is 1.11. The Hall–Kier alpha value is -0.160. The number of rotatable bonds is 3. The van der Waals surface area contributed by atoms with Crippen LogP contribution in [0.25, 0.3) is 0 Å². The number of hydrogen-bond donors (Lipinski definition) is 1. The van der Waals surface area contributed by atoms with E-state index in [-0.39, 0.29) is 17.8 Å².